The van der Waals surface area contributed by atoms with E-state index in [9.17, 15) is 9.59 Å². The molecule has 1 aliphatic rings. The van der Waals surface area contributed by atoms with Gasteiger partial charge in [0, 0.05) is 6.42 Å². The smallest absolute Gasteiger partial charge is 0.241 e. The quantitative estimate of drug-likeness (QED) is 0.324. The first-order valence-corrected chi connectivity index (χ1v) is 4.31. The van der Waals surface area contributed by atoms with Crippen molar-refractivity contribution in [3.8, 4) is 0 Å². The van der Waals surface area contributed by atoms with Gasteiger partial charge in [0.05, 0.1) is 0 Å². The molecule has 1 saturated heterocycles. The van der Waals surface area contributed by atoms with E-state index in [-0.39, 0.29) is 23.5 Å². The molecule has 9 heavy (non-hydrogen) atoms. The van der Waals surface area contributed by atoms with Gasteiger partial charge < -0.3 is 0 Å². The van der Waals surface area contributed by atoms with Gasteiger partial charge in [-0.25, -0.2) is 0 Å². The number of hydrogen-bond acceptors (Lipinski definition) is 4. The predicted molar refractivity (Wildman–Crippen MR) is 38.1 cm³/mol. The van der Waals surface area contributed by atoms with Gasteiger partial charge in [-0.05, 0) is 0 Å². The molecule has 1 fully saturated rings. The van der Waals surface area contributed by atoms with Crippen LogP contribution >= 0.6 is 22.5 Å². The van der Waals surface area contributed by atoms with Crippen LogP contribution in [0.15, 0.2) is 0 Å². The van der Waals surface area contributed by atoms with Crippen LogP contribution in [0.4, 0.5) is 0 Å². The lowest BCUT2D eigenvalue weighted by atomic mass is 10.4. The van der Waals surface area contributed by atoms with Crippen LogP contribution in [0.25, 0.3) is 0 Å². The van der Waals surface area contributed by atoms with E-state index in [4.69, 9.17) is 0 Å². The second-order valence-electron chi connectivity index (χ2n) is 1.71. The molecular formula is C4H5NO2S2. The molecule has 0 bridgehead atoms. The van der Waals surface area contributed by atoms with E-state index >= 15 is 0 Å². The highest BCUT2D eigenvalue weighted by Gasteiger charge is 2.29. The van der Waals surface area contributed by atoms with Gasteiger partial charge in [-0.3, -0.25) is 14.9 Å². The van der Waals surface area contributed by atoms with E-state index in [1.807, 2.05) is 0 Å². The van der Waals surface area contributed by atoms with Gasteiger partial charge >= 0.3 is 0 Å². The third-order valence-corrected chi connectivity index (χ3v) is 2.45. The topological polar surface area (TPSA) is 46.2 Å². The van der Waals surface area contributed by atoms with Gasteiger partial charge in [0.2, 0.25) is 11.8 Å². The SMILES string of the molecule is O=C1CC(SS)C(=O)N1. The molecule has 1 rings (SSSR count). The lowest BCUT2D eigenvalue weighted by molar-refractivity contribution is -0.124. The lowest BCUT2D eigenvalue weighted by Gasteiger charge is -1.94. The van der Waals surface area contributed by atoms with Crippen molar-refractivity contribution < 1.29 is 9.59 Å². The standard InChI is InChI=1S/C4H5NO2S2/c6-3-1-2(9-8)4(7)5-3/h2,8H,1H2,(H,5,6,7). The van der Waals surface area contributed by atoms with Crippen LogP contribution in [0, 0.1) is 0 Å². The number of nitrogens with one attached hydrogen (secondary N) is 1. The summed E-state index contributed by atoms with van der Waals surface area (Å²) in [5.74, 6) is -0.424. The van der Waals surface area contributed by atoms with Crippen molar-refractivity contribution in [3.05, 3.63) is 0 Å². The van der Waals surface area contributed by atoms with Crippen molar-refractivity contribution in [1.82, 2.24) is 5.32 Å². The molecule has 3 nitrogen and oxygen atoms in total. The number of hydrogen-bond donors (Lipinski definition) is 2. The van der Waals surface area contributed by atoms with Crippen molar-refractivity contribution in [2.45, 2.75) is 11.7 Å². The summed E-state index contributed by atoms with van der Waals surface area (Å²) in [5, 5.41) is 1.89. The average Bonchev–Trinajstić information content (AvgIpc) is 2.10. The largest absolute Gasteiger partial charge is 0.295 e. The Balaban J connectivity index is 2.58. The molecule has 50 valence electrons. The Morgan fingerprint density at radius 2 is 2.33 bits per heavy atom. The lowest BCUT2D eigenvalue weighted by Crippen LogP contribution is -2.22. The minimum atomic E-state index is -0.277. The molecule has 1 heterocycles. The van der Waals surface area contributed by atoms with Crippen molar-refractivity contribution in [3.63, 3.8) is 0 Å². The minimum absolute atomic E-state index is 0.202. The van der Waals surface area contributed by atoms with E-state index in [1.165, 1.54) is 0 Å². The minimum Gasteiger partial charge on any atom is -0.295 e. The second kappa shape index (κ2) is 2.62. The van der Waals surface area contributed by atoms with Crippen molar-refractivity contribution in [2.24, 2.45) is 0 Å². The Morgan fingerprint density at radius 1 is 1.67 bits per heavy atom. The first-order chi connectivity index (χ1) is 4.24. The van der Waals surface area contributed by atoms with E-state index in [0.29, 0.717) is 0 Å². The number of thiol groups is 1. The molecule has 1 unspecified atom stereocenters. The van der Waals surface area contributed by atoms with Crippen molar-refractivity contribution in [2.75, 3.05) is 0 Å². The maximum absolute atomic E-state index is 10.6. The van der Waals surface area contributed by atoms with E-state index < -0.39 is 0 Å². The van der Waals surface area contributed by atoms with Gasteiger partial charge in [-0.1, -0.05) is 10.8 Å². The number of amides is 2. The zero-order valence-corrected chi connectivity index (χ0v) is 6.17. The Labute approximate surface area is 61.4 Å². The highest BCUT2D eigenvalue weighted by Crippen LogP contribution is 2.21. The van der Waals surface area contributed by atoms with Gasteiger partial charge in [-0.15, -0.1) is 11.7 Å². The summed E-state index contributed by atoms with van der Waals surface area (Å²) in [6, 6.07) is 0. The van der Waals surface area contributed by atoms with Crippen LogP contribution in [-0.2, 0) is 9.59 Å². The summed E-state index contributed by atoms with van der Waals surface area (Å²) in [6.45, 7) is 0. The highest BCUT2D eigenvalue weighted by atomic mass is 33.1. The summed E-state index contributed by atoms with van der Waals surface area (Å²) in [4.78, 5) is 21.1. The molecule has 0 aromatic heterocycles. The number of imide groups is 1. The van der Waals surface area contributed by atoms with Crippen LogP contribution in [-0.4, -0.2) is 17.1 Å². The third kappa shape index (κ3) is 1.40. The average molecular weight is 163 g/mol. The van der Waals surface area contributed by atoms with Gasteiger partial charge in [0.1, 0.15) is 5.25 Å². The van der Waals surface area contributed by atoms with Crippen molar-refractivity contribution >= 4 is 34.3 Å². The maximum Gasteiger partial charge on any atom is 0.241 e. The van der Waals surface area contributed by atoms with Crippen molar-refractivity contribution in [1.29, 1.82) is 0 Å². The van der Waals surface area contributed by atoms with Gasteiger partial charge in [0.15, 0.2) is 0 Å². The fourth-order valence-electron chi connectivity index (χ4n) is 0.615. The van der Waals surface area contributed by atoms with Gasteiger partial charge in [-0.2, -0.15) is 0 Å². The third-order valence-electron chi connectivity index (χ3n) is 1.05. The summed E-state index contributed by atoms with van der Waals surface area (Å²) < 4.78 is 0. The van der Waals surface area contributed by atoms with Gasteiger partial charge in [0.25, 0.3) is 0 Å². The Morgan fingerprint density at radius 3 is 2.56 bits per heavy atom. The zero-order valence-electron chi connectivity index (χ0n) is 4.46. The van der Waals surface area contributed by atoms with Crippen LogP contribution in [0.3, 0.4) is 0 Å². The molecule has 2 amide bonds. The molecule has 0 aromatic rings. The molecule has 0 aliphatic carbocycles. The molecule has 0 aromatic carbocycles. The first kappa shape index (κ1) is 6.95. The van der Waals surface area contributed by atoms with Crippen LogP contribution < -0.4 is 5.32 Å². The summed E-state index contributed by atoms with van der Waals surface area (Å²) in [6.07, 6.45) is 0.271. The fourth-order valence-corrected chi connectivity index (χ4v) is 1.51. The Hall–Kier alpha value is -0.160. The van der Waals surface area contributed by atoms with Crippen LogP contribution in [0.1, 0.15) is 6.42 Å². The number of carbonyl (C=O) groups excluding carboxylic acids is 2. The molecule has 0 radical (unpaired) electrons. The monoisotopic (exact) mass is 163 g/mol. The second-order valence-corrected chi connectivity index (χ2v) is 3.12. The molecular weight excluding hydrogens is 158 g/mol. The van der Waals surface area contributed by atoms with E-state index in [2.05, 4.69) is 17.0 Å². The highest BCUT2D eigenvalue weighted by molar-refractivity contribution is 8.69. The summed E-state index contributed by atoms with van der Waals surface area (Å²) in [5.41, 5.74) is 0. The fraction of sp³-hybridized carbons (Fsp3) is 0.500. The maximum atomic E-state index is 10.6. The number of carbonyl (C=O) groups is 2. The molecule has 1 atom stereocenters. The molecule has 1 aliphatic heterocycles. The molecule has 0 saturated carbocycles. The predicted octanol–water partition coefficient (Wildman–Crippen LogP) is -0.0205. The molecule has 1 N–H and O–H groups in total. The Kier molecular flexibility index (Phi) is 2.02. The first-order valence-electron chi connectivity index (χ1n) is 2.38. The van der Waals surface area contributed by atoms with E-state index in [0.717, 1.165) is 10.8 Å². The zero-order chi connectivity index (χ0) is 6.85. The van der Waals surface area contributed by atoms with Crippen LogP contribution in [0.5, 0.6) is 0 Å². The summed E-state index contributed by atoms with van der Waals surface area (Å²) >= 11 is 3.82. The summed E-state index contributed by atoms with van der Waals surface area (Å²) in [7, 11) is 1.11. The van der Waals surface area contributed by atoms with E-state index in [1.54, 1.807) is 0 Å². The molecule has 5 heteroatoms. The molecule has 0 spiro atoms. The Bertz CT molecular complexity index is 159. The number of rotatable bonds is 1. The van der Waals surface area contributed by atoms with Crippen LogP contribution in [0.2, 0.25) is 0 Å². The normalized spacial score (nSPS) is 26.6.